The second-order valence-corrected chi connectivity index (χ2v) is 7.81. The van der Waals surface area contributed by atoms with Crippen LogP contribution in [0.15, 0.2) is 52.7 Å². The number of ether oxygens (including phenoxy) is 2. The van der Waals surface area contributed by atoms with Gasteiger partial charge in [0.15, 0.2) is 16.7 Å². The van der Waals surface area contributed by atoms with Crippen molar-refractivity contribution in [2.24, 2.45) is 12.1 Å². The van der Waals surface area contributed by atoms with Gasteiger partial charge in [-0.3, -0.25) is 4.79 Å². The number of aryl methyl sites for hydroxylation is 1. The number of fused-ring (bicyclic) bond motifs is 1. The first kappa shape index (κ1) is 22.7. The van der Waals surface area contributed by atoms with Crippen LogP contribution >= 0.6 is 11.8 Å². The number of para-hydroxylation sites is 2. The molecule has 0 saturated carbocycles. The van der Waals surface area contributed by atoms with E-state index in [1.807, 2.05) is 61.0 Å². The van der Waals surface area contributed by atoms with Crippen molar-refractivity contribution in [3.05, 3.63) is 48.0 Å². The van der Waals surface area contributed by atoms with E-state index >= 15 is 0 Å². The molecule has 0 bridgehead atoms. The van der Waals surface area contributed by atoms with Crippen LogP contribution in [-0.4, -0.2) is 40.6 Å². The third kappa shape index (κ3) is 6.24. The van der Waals surface area contributed by atoms with Gasteiger partial charge in [0.1, 0.15) is 0 Å². The standard InChI is InChI=1S/C23H28N4O3S/c1-4-6-13-30-20-12-11-17(14-21(20)29-5-2)15-24-26-22(28)16-31-23-25-18-9-7-8-10-19(18)27(23)3/h7-12,14-15H,4-6,13,16H2,1-3H3,(H,26,28)/b24-15-. The van der Waals surface area contributed by atoms with Crippen LogP contribution in [0.25, 0.3) is 11.0 Å². The summed E-state index contributed by atoms with van der Waals surface area (Å²) < 4.78 is 13.4. The quantitative estimate of drug-likeness (QED) is 0.207. The number of imidazole rings is 1. The zero-order valence-electron chi connectivity index (χ0n) is 18.1. The lowest BCUT2D eigenvalue weighted by Gasteiger charge is -2.12. The molecular formula is C23H28N4O3S. The minimum atomic E-state index is -0.196. The van der Waals surface area contributed by atoms with Crippen molar-refractivity contribution in [2.45, 2.75) is 31.8 Å². The van der Waals surface area contributed by atoms with Gasteiger partial charge in [0, 0.05) is 7.05 Å². The van der Waals surface area contributed by atoms with Gasteiger partial charge in [0.05, 0.1) is 36.2 Å². The minimum absolute atomic E-state index is 0.196. The molecule has 8 heteroatoms. The second kappa shape index (κ2) is 11.4. The third-order valence-corrected chi connectivity index (χ3v) is 5.53. The number of nitrogens with zero attached hydrogens (tertiary/aromatic N) is 3. The molecular weight excluding hydrogens is 412 g/mol. The first-order valence-corrected chi connectivity index (χ1v) is 11.4. The summed E-state index contributed by atoms with van der Waals surface area (Å²) in [5.41, 5.74) is 5.33. The summed E-state index contributed by atoms with van der Waals surface area (Å²) in [5, 5.41) is 4.86. The summed E-state index contributed by atoms with van der Waals surface area (Å²) >= 11 is 1.38. The Morgan fingerprint density at radius 2 is 2.03 bits per heavy atom. The van der Waals surface area contributed by atoms with Gasteiger partial charge in [-0.15, -0.1) is 0 Å². The van der Waals surface area contributed by atoms with Crippen LogP contribution < -0.4 is 14.9 Å². The first-order valence-electron chi connectivity index (χ1n) is 10.4. The number of hydrogen-bond donors (Lipinski definition) is 1. The fraction of sp³-hybridized carbons (Fsp3) is 0.348. The summed E-state index contributed by atoms with van der Waals surface area (Å²) in [6, 6.07) is 13.5. The SMILES string of the molecule is CCCCOc1ccc(/C=N\NC(=O)CSc2nc3ccccc3n2C)cc1OCC. The van der Waals surface area contributed by atoms with Crippen molar-refractivity contribution in [3.8, 4) is 11.5 Å². The van der Waals surface area contributed by atoms with E-state index in [9.17, 15) is 4.79 Å². The summed E-state index contributed by atoms with van der Waals surface area (Å²) in [5.74, 6) is 1.42. The second-order valence-electron chi connectivity index (χ2n) is 6.87. The molecule has 0 aliphatic heterocycles. The van der Waals surface area contributed by atoms with Gasteiger partial charge in [-0.2, -0.15) is 5.10 Å². The minimum Gasteiger partial charge on any atom is -0.490 e. The molecule has 164 valence electrons. The number of benzene rings is 2. The number of carbonyl (C=O) groups is 1. The topological polar surface area (TPSA) is 77.7 Å². The Morgan fingerprint density at radius 3 is 2.81 bits per heavy atom. The Hall–Kier alpha value is -3.00. The van der Waals surface area contributed by atoms with E-state index in [-0.39, 0.29) is 11.7 Å². The molecule has 0 aliphatic carbocycles. The molecule has 0 spiro atoms. The van der Waals surface area contributed by atoms with Gasteiger partial charge >= 0.3 is 0 Å². The number of aromatic nitrogens is 2. The van der Waals surface area contributed by atoms with Gasteiger partial charge in [-0.1, -0.05) is 37.2 Å². The monoisotopic (exact) mass is 440 g/mol. The molecule has 1 amide bonds. The van der Waals surface area contributed by atoms with Gasteiger partial charge < -0.3 is 14.0 Å². The smallest absolute Gasteiger partial charge is 0.250 e. The van der Waals surface area contributed by atoms with Crippen molar-refractivity contribution in [1.82, 2.24) is 15.0 Å². The van der Waals surface area contributed by atoms with E-state index in [0.717, 1.165) is 40.3 Å². The fourth-order valence-corrected chi connectivity index (χ4v) is 3.69. The van der Waals surface area contributed by atoms with Crippen molar-refractivity contribution in [1.29, 1.82) is 0 Å². The normalized spacial score (nSPS) is 11.2. The van der Waals surface area contributed by atoms with E-state index in [1.54, 1.807) is 6.21 Å². The van der Waals surface area contributed by atoms with Crippen LogP contribution in [0.3, 0.4) is 0 Å². The van der Waals surface area contributed by atoms with Crippen LogP contribution in [0.1, 0.15) is 32.3 Å². The molecule has 1 heterocycles. The highest BCUT2D eigenvalue weighted by molar-refractivity contribution is 7.99. The van der Waals surface area contributed by atoms with Crippen molar-refractivity contribution in [3.63, 3.8) is 0 Å². The highest BCUT2D eigenvalue weighted by Crippen LogP contribution is 2.28. The molecule has 7 nitrogen and oxygen atoms in total. The fourth-order valence-electron chi connectivity index (χ4n) is 2.91. The number of thioether (sulfide) groups is 1. The molecule has 0 radical (unpaired) electrons. The first-order chi connectivity index (χ1) is 15.1. The summed E-state index contributed by atoms with van der Waals surface area (Å²) in [7, 11) is 1.94. The Kier molecular flexibility index (Phi) is 8.35. The average molecular weight is 441 g/mol. The lowest BCUT2D eigenvalue weighted by Crippen LogP contribution is -2.19. The van der Waals surface area contributed by atoms with E-state index in [4.69, 9.17) is 9.47 Å². The number of hydrazone groups is 1. The van der Waals surface area contributed by atoms with Crippen LogP contribution in [0.5, 0.6) is 11.5 Å². The predicted molar refractivity (Wildman–Crippen MR) is 125 cm³/mol. The maximum atomic E-state index is 12.2. The molecule has 3 aromatic rings. The van der Waals surface area contributed by atoms with Crippen molar-refractivity contribution >= 4 is 34.9 Å². The predicted octanol–water partition coefficient (Wildman–Crippen LogP) is 4.39. The van der Waals surface area contributed by atoms with Crippen molar-refractivity contribution < 1.29 is 14.3 Å². The van der Waals surface area contributed by atoms with Gasteiger partial charge in [-0.25, -0.2) is 10.4 Å². The number of hydrogen-bond acceptors (Lipinski definition) is 6. The Balaban J connectivity index is 1.54. The molecule has 0 atom stereocenters. The van der Waals surface area contributed by atoms with Gasteiger partial charge in [0.25, 0.3) is 5.91 Å². The number of unbranched alkanes of at least 4 members (excludes halogenated alkanes) is 1. The highest BCUT2D eigenvalue weighted by Gasteiger charge is 2.10. The summed E-state index contributed by atoms with van der Waals surface area (Å²) in [4.78, 5) is 16.7. The van der Waals surface area contributed by atoms with E-state index in [1.165, 1.54) is 11.8 Å². The Bertz CT molecular complexity index is 1050. The third-order valence-electron chi connectivity index (χ3n) is 4.50. The lowest BCUT2D eigenvalue weighted by molar-refractivity contribution is -0.118. The molecule has 1 aromatic heterocycles. The molecule has 1 N–H and O–H groups in total. The highest BCUT2D eigenvalue weighted by atomic mass is 32.2. The number of amides is 1. The summed E-state index contributed by atoms with van der Waals surface area (Å²) in [6.45, 7) is 5.25. The Morgan fingerprint density at radius 1 is 1.19 bits per heavy atom. The van der Waals surface area contributed by atoms with Crippen LogP contribution in [0.4, 0.5) is 0 Å². The van der Waals surface area contributed by atoms with E-state index < -0.39 is 0 Å². The van der Waals surface area contributed by atoms with Gasteiger partial charge in [-0.05, 0) is 49.2 Å². The molecule has 0 aliphatic rings. The maximum absolute atomic E-state index is 12.2. The zero-order chi connectivity index (χ0) is 22.1. The maximum Gasteiger partial charge on any atom is 0.250 e. The number of carbonyl (C=O) groups excluding carboxylic acids is 1. The molecule has 0 saturated heterocycles. The number of nitrogens with one attached hydrogen (secondary N) is 1. The Labute approximate surface area is 186 Å². The van der Waals surface area contributed by atoms with Crippen LogP contribution in [0.2, 0.25) is 0 Å². The lowest BCUT2D eigenvalue weighted by atomic mass is 10.2. The van der Waals surface area contributed by atoms with E-state index in [0.29, 0.717) is 19.0 Å². The summed E-state index contributed by atoms with van der Waals surface area (Å²) in [6.07, 6.45) is 3.66. The zero-order valence-corrected chi connectivity index (χ0v) is 18.9. The van der Waals surface area contributed by atoms with Crippen LogP contribution in [0, 0.1) is 0 Å². The number of rotatable bonds is 11. The molecule has 3 rings (SSSR count). The molecule has 2 aromatic carbocycles. The van der Waals surface area contributed by atoms with Crippen molar-refractivity contribution in [2.75, 3.05) is 19.0 Å². The average Bonchev–Trinajstić information content (AvgIpc) is 3.10. The largest absolute Gasteiger partial charge is 0.490 e. The van der Waals surface area contributed by atoms with E-state index in [2.05, 4.69) is 22.4 Å². The van der Waals surface area contributed by atoms with Crippen LogP contribution in [-0.2, 0) is 11.8 Å². The molecule has 0 unspecified atom stereocenters. The molecule has 0 fully saturated rings. The van der Waals surface area contributed by atoms with Gasteiger partial charge in [0.2, 0.25) is 0 Å². The molecule has 31 heavy (non-hydrogen) atoms.